The second-order valence-corrected chi connectivity index (χ2v) is 7.34. The first kappa shape index (κ1) is 13.8. The van der Waals surface area contributed by atoms with E-state index in [1.54, 1.807) is 23.5 Å². The maximum absolute atomic E-state index is 12.1. The Bertz CT molecular complexity index is 460. The molecule has 1 aromatic rings. The second kappa shape index (κ2) is 6.53. The lowest BCUT2D eigenvalue weighted by Gasteiger charge is -2.12. The standard InChI is InChI=1S/C10H14N4OS3/c1-3-7(18-10-11-4-5-16-10)8(15)12-9-14-13-6(2)17-9/h7H,3-5H2,1-2H3,(H,12,14,15)/t7-/m1/s1. The highest BCUT2D eigenvalue weighted by Gasteiger charge is 2.22. The number of aliphatic imine (C=N–C) groups is 1. The van der Waals surface area contributed by atoms with Gasteiger partial charge in [0.25, 0.3) is 0 Å². The monoisotopic (exact) mass is 302 g/mol. The maximum Gasteiger partial charge on any atom is 0.239 e. The molecule has 1 aliphatic rings. The third-order valence-corrected chi connectivity index (χ3v) is 5.54. The molecular formula is C10H14N4OS3. The average molecular weight is 302 g/mol. The molecule has 1 aliphatic heterocycles. The van der Waals surface area contributed by atoms with E-state index in [9.17, 15) is 4.79 Å². The molecule has 0 radical (unpaired) electrons. The van der Waals surface area contributed by atoms with Crippen LogP contribution in [0.2, 0.25) is 0 Å². The van der Waals surface area contributed by atoms with Crippen LogP contribution >= 0.6 is 34.9 Å². The summed E-state index contributed by atoms with van der Waals surface area (Å²) in [6.45, 7) is 4.73. The number of nitrogens with zero attached hydrogens (tertiary/aromatic N) is 3. The van der Waals surface area contributed by atoms with Crippen LogP contribution in [0.25, 0.3) is 0 Å². The molecule has 2 heterocycles. The van der Waals surface area contributed by atoms with E-state index < -0.39 is 0 Å². The molecule has 0 unspecified atom stereocenters. The van der Waals surface area contributed by atoms with Crippen molar-refractivity contribution in [2.45, 2.75) is 25.5 Å². The molecule has 5 nitrogen and oxygen atoms in total. The third-order valence-electron chi connectivity index (χ3n) is 2.22. The van der Waals surface area contributed by atoms with Crippen molar-refractivity contribution >= 4 is 50.3 Å². The summed E-state index contributed by atoms with van der Waals surface area (Å²) in [7, 11) is 0. The van der Waals surface area contributed by atoms with Gasteiger partial charge in [-0.2, -0.15) is 0 Å². The van der Waals surface area contributed by atoms with Crippen molar-refractivity contribution < 1.29 is 4.79 Å². The molecule has 0 saturated heterocycles. The molecule has 1 atom stereocenters. The maximum atomic E-state index is 12.1. The molecule has 1 N–H and O–H groups in total. The number of anilines is 1. The van der Waals surface area contributed by atoms with Crippen LogP contribution in [0.3, 0.4) is 0 Å². The van der Waals surface area contributed by atoms with Crippen molar-refractivity contribution in [1.29, 1.82) is 0 Å². The minimum absolute atomic E-state index is 0.0196. The zero-order valence-corrected chi connectivity index (χ0v) is 12.6. The van der Waals surface area contributed by atoms with Crippen LogP contribution < -0.4 is 5.32 Å². The lowest BCUT2D eigenvalue weighted by atomic mass is 10.3. The highest BCUT2D eigenvalue weighted by atomic mass is 32.2. The number of carbonyl (C=O) groups is 1. The first-order chi connectivity index (χ1) is 8.69. The van der Waals surface area contributed by atoms with Crippen molar-refractivity contribution in [2.75, 3.05) is 17.6 Å². The van der Waals surface area contributed by atoms with Gasteiger partial charge in [-0.1, -0.05) is 41.8 Å². The van der Waals surface area contributed by atoms with Gasteiger partial charge in [-0.05, 0) is 13.3 Å². The van der Waals surface area contributed by atoms with Crippen LogP contribution in [0, 0.1) is 6.92 Å². The van der Waals surface area contributed by atoms with Crippen LogP contribution in [-0.4, -0.2) is 38.0 Å². The van der Waals surface area contributed by atoms with Crippen LogP contribution in [0.4, 0.5) is 5.13 Å². The fourth-order valence-electron chi connectivity index (χ4n) is 1.36. The number of amides is 1. The fourth-order valence-corrected chi connectivity index (χ4v) is 4.11. The van der Waals surface area contributed by atoms with Gasteiger partial charge in [0.1, 0.15) is 9.38 Å². The Labute approximate surface area is 118 Å². The number of nitrogens with one attached hydrogen (secondary N) is 1. The number of carbonyl (C=O) groups excluding carboxylic acids is 1. The van der Waals surface area contributed by atoms with Crippen molar-refractivity contribution in [3.8, 4) is 0 Å². The van der Waals surface area contributed by atoms with Gasteiger partial charge in [-0.15, -0.1) is 10.2 Å². The highest BCUT2D eigenvalue weighted by Crippen LogP contribution is 2.28. The quantitative estimate of drug-likeness (QED) is 0.925. The van der Waals surface area contributed by atoms with Crippen LogP contribution in [0.1, 0.15) is 18.4 Å². The van der Waals surface area contributed by atoms with E-state index in [1.165, 1.54) is 11.3 Å². The minimum Gasteiger partial charge on any atom is -0.300 e. The molecule has 18 heavy (non-hydrogen) atoms. The number of thioether (sulfide) groups is 2. The summed E-state index contributed by atoms with van der Waals surface area (Å²) < 4.78 is 1.02. The summed E-state index contributed by atoms with van der Waals surface area (Å²) in [5, 5.41) is 11.9. The Morgan fingerprint density at radius 3 is 2.94 bits per heavy atom. The van der Waals surface area contributed by atoms with Gasteiger partial charge in [-0.3, -0.25) is 15.1 Å². The SMILES string of the molecule is CC[C@@H](SC1=NCCS1)C(=O)Nc1nnc(C)s1. The van der Waals surface area contributed by atoms with Gasteiger partial charge in [0.15, 0.2) is 0 Å². The molecule has 0 aromatic carbocycles. The molecular weight excluding hydrogens is 288 g/mol. The first-order valence-corrected chi connectivity index (χ1v) is 8.32. The molecule has 0 fully saturated rings. The van der Waals surface area contributed by atoms with Gasteiger partial charge in [0.05, 0.1) is 11.8 Å². The fraction of sp³-hybridized carbons (Fsp3) is 0.600. The summed E-state index contributed by atoms with van der Waals surface area (Å²) in [5.74, 6) is 1.00. The Hall–Kier alpha value is -0.600. The molecule has 1 amide bonds. The number of rotatable bonds is 4. The Kier molecular flexibility index (Phi) is 5.02. The Balaban J connectivity index is 1.92. The van der Waals surface area contributed by atoms with Gasteiger partial charge in [0, 0.05) is 5.75 Å². The molecule has 2 rings (SSSR count). The van der Waals surface area contributed by atoms with Crippen LogP contribution in [0.15, 0.2) is 4.99 Å². The van der Waals surface area contributed by atoms with Crippen molar-refractivity contribution in [3.63, 3.8) is 0 Å². The van der Waals surface area contributed by atoms with Crippen LogP contribution in [-0.2, 0) is 4.79 Å². The molecule has 98 valence electrons. The lowest BCUT2D eigenvalue weighted by molar-refractivity contribution is -0.115. The van der Waals surface area contributed by atoms with E-state index >= 15 is 0 Å². The molecule has 8 heteroatoms. The zero-order chi connectivity index (χ0) is 13.0. The third kappa shape index (κ3) is 3.69. The zero-order valence-electron chi connectivity index (χ0n) is 10.2. The second-order valence-electron chi connectivity index (χ2n) is 3.63. The van der Waals surface area contributed by atoms with E-state index in [0.29, 0.717) is 5.13 Å². The molecule has 0 spiro atoms. The van der Waals surface area contributed by atoms with E-state index in [0.717, 1.165) is 28.1 Å². The van der Waals surface area contributed by atoms with E-state index in [4.69, 9.17) is 0 Å². The highest BCUT2D eigenvalue weighted by molar-refractivity contribution is 8.39. The summed E-state index contributed by atoms with van der Waals surface area (Å²) in [5.41, 5.74) is 0. The summed E-state index contributed by atoms with van der Waals surface area (Å²) in [6, 6.07) is 0. The van der Waals surface area contributed by atoms with Gasteiger partial charge in [0.2, 0.25) is 11.0 Å². The first-order valence-electron chi connectivity index (χ1n) is 5.64. The van der Waals surface area contributed by atoms with Crippen molar-refractivity contribution in [1.82, 2.24) is 10.2 Å². The molecule has 0 bridgehead atoms. The van der Waals surface area contributed by atoms with Crippen LogP contribution in [0.5, 0.6) is 0 Å². The van der Waals surface area contributed by atoms with Crippen molar-refractivity contribution in [3.05, 3.63) is 5.01 Å². The number of aryl methyl sites for hydroxylation is 1. The molecule has 0 saturated carbocycles. The van der Waals surface area contributed by atoms with E-state index in [2.05, 4.69) is 20.5 Å². The topological polar surface area (TPSA) is 67.2 Å². The Morgan fingerprint density at radius 1 is 1.56 bits per heavy atom. The Morgan fingerprint density at radius 2 is 2.39 bits per heavy atom. The summed E-state index contributed by atoms with van der Waals surface area (Å²) in [6.07, 6.45) is 0.772. The number of aromatic nitrogens is 2. The smallest absolute Gasteiger partial charge is 0.239 e. The number of hydrogen-bond donors (Lipinski definition) is 1. The van der Waals surface area contributed by atoms with E-state index in [-0.39, 0.29) is 11.2 Å². The lowest BCUT2D eigenvalue weighted by Crippen LogP contribution is -2.25. The van der Waals surface area contributed by atoms with Gasteiger partial charge in [-0.25, -0.2) is 0 Å². The number of hydrogen-bond acceptors (Lipinski definition) is 7. The molecule has 0 aliphatic carbocycles. The van der Waals surface area contributed by atoms with Crippen molar-refractivity contribution in [2.24, 2.45) is 4.99 Å². The predicted octanol–water partition coefficient (Wildman–Crippen LogP) is 2.40. The van der Waals surface area contributed by atoms with Gasteiger partial charge < -0.3 is 0 Å². The molecule has 1 aromatic heterocycles. The van der Waals surface area contributed by atoms with E-state index in [1.807, 2.05) is 13.8 Å². The predicted molar refractivity (Wildman–Crippen MR) is 79.7 cm³/mol. The van der Waals surface area contributed by atoms with Gasteiger partial charge >= 0.3 is 0 Å². The summed E-state index contributed by atoms with van der Waals surface area (Å²) in [4.78, 5) is 16.4. The minimum atomic E-state index is -0.112. The average Bonchev–Trinajstić information content (AvgIpc) is 2.97. The normalized spacial score (nSPS) is 16.4. The summed E-state index contributed by atoms with van der Waals surface area (Å²) >= 11 is 4.65. The largest absolute Gasteiger partial charge is 0.300 e.